The summed E-state index contributed by atoms with van der Waals surface area (Å²) >= 11 is 7.32. The lowest BCUT2D eigenvalue weighted by Gasteiger charge is -2.17. The van der Waals surface area contributed by atoms with Crippen LogP contribution in [0.4, 0.5) is 5.69 Å². The third kappa shape index (κ3) is 4.73. The van der Waals surface area contributed by atoms with Gasteiger partial charge in [-0.15, -0.1) is 11.8 Å². The van der Waals surface area contributed by atoms with Gasteiger partial charge in [-0.25, -0.2) is 8.42 Å². The molecule has 1 N–H and O–H groups in total. The van der Waals surface area contributed by atoms with Crippen LogP contribution in [-0.2, 0) is 14.8 Å². The Balaban J connectivity index is 2.06. The second kappa shape index (κ2) is 8.02. The van der Waals surface area contributed by atoms with Gasteiger partial charge in [-0.3, -0.25) is 4.79 Å². The molecule has 2 aromatic rings. The Bertz CT molecular complexity index is 823. The van der Waals surface area contributed by atoms with Crippen LogP contribution in [0.15, 0.2) is 58.3 Å². The van der Waals surface area contributed by atoms with Crippen LogP contribution in [0.5, 0.6) is 0 Å². The van der Waals surface area contributed by atoms with Gasteiger partial charge in [0, 0.05) is 22.7 Å². The molecule has 24 heavy (non-hydrogen) atoms. The Morgan fingerprint density at radius 3 is 2.50 bits per heavy atom. The van der Waals surface area contributed by atoms with Crippen LogP contribution >= 0.6 is 23.4 Å². The van der Waals surface area contributed by atoms with E-state index in [2.05, 4.69) is 5.32 Å². The number of carbonyl (C=O) groups is 1. The van der Waals surface area contributed by atoms with Gasteiger partial charge in [0.25, 0.3) is 0 Å². The SMILES string of the molecule is CSc1cccc(NC(=O)CN(C)S(=O)(=O)c2ccc(Cl)cc2)c1. The Morgan fingerprint density at radius 2 is 1.88 bits per heavy atom. The average Bonchev–Trinajstić information content (AvgIpc) is 2.55. The van der Waals surface area contributed by atoms with Crippen molar-refractivity contribution in [3.05, 3.63) is 53.6 Å². The summed E-state index contributed by atoms with van der Waals surface area (Å²) in [7, 11) is -2.38. The molecule has 0 radical (unpaired) electrons. The molecular weight excluding hydrogens is 368 g/mol. The number of nitrogens with one attached hydrogen (secondary N) is 1. The van der Waals surface area contributed by atoms with Gasteiger partial charge < -0.3 is 5.32 Å². The molecule has 0 aliphatic carbocycles. The molecule has 0 spiro atoms. The zero-order chi connectivity index (χ0) is 17.7. The van der Waals surface area contributed by atoms with Gasteiger partial charge >= 0.3 is 0 Å². The molecule has 0 aliphatic heterocycles. The Hall–Kier alpha value is -1.54. The number of carbonyl (C=O) groups excluding carboxylic acids is 1. The van der Waals surface area contributed by atoms with Crippen LogP contribution in [0.25, 0.3) is 0 Å². The van der Waals surface area contributed by atoms with Crippen molar-refractivity contribution in [3.8, 4) is 0 Å². The molecular formula is C16H17ClN2O3S2. The van der Waals surface area contributed by atoms with E-state index in [-0.39, 0.29) is 11.4 Å². The van der Waals surface area contributed by atoms with Crippen molar-refractivity contribution >= 4 is 45.0 Å². The lowest BCUT2D eigenvalue weighted by atomic mass is 10.3. The molecule has 0 saturated heterocycles. The summed E-state index contributed by atoms with van der Waals surface area (Å²) in [4.78, 5) is 13.2. The fourth-order valence-electron chi connectivity index (χ4n) is 1.98. The monoisotopic (exact) mass is 384 g/mol. The van der Waals surface area contributed by atoms with Crippen LogP contribution in [0.3, 0.4) is 0 Å². The van der Waals surface area contributed by atoms with Crippen molar-refractivity contribution in [3.63, 3.8) is 0 Å². The third-order valence-corrected chi connectivity index (χ3v) is 6.04. The fraction of sp³-hybridized carbons (Fsp3) is 0.188. The minimum atomic E-state index is -3.75. The third-order valence-electron chi connectivity index (χ3n) is 3.24. The Morgan fingerprint density at radius 1 is 1.21 bits per heavy atom. The van der Waals surface area contributed by atoms with Crippen molar-refractivity contribution in [1.82, 2.24) is 4.31 Å². The summed E-state index contributed by atoms with van der Waals surface area (Å²) in [5.74, 6) is -0.409. The number of hydrogen-bond acceptors (Lipinski definition) is 4. The van der Waals surface area contributed by atoms with Crippen molar-refractivity contribution in [2.24, 2.45) is 0 Å². The molecule has 0 unspecified atom stereocenters. The van der Waals surface area contributed by atoms with Crippen molar-refractivity contribution < 1.29 is 13.2 Å². The van der Waals surface area contributed by atoms with Crippen LogP contribution in [0, 0.1) is 0 Å². The van der Waals surface area contributed by atoms with E-state index in [0.29, 0.717) is 10.7 Å². The van der Waals surface area contributed by atoms with E-state index in [1.807, 2.05) is 24.5 Å². The second-order valence-electron chi connectivity index (χ2n) is 5.00. The highest BCUT2D eigenvalue weighted by atomic mass is 35.5. The molecule has 8 heteroatoms. The summed E-state index contributed by atoms with van der Waals surface area (Å²) in [6.45, 7) is -0.283. The lowest BCUT2D eigenvalue weighted by Crippen LogP contribution is -2.34. The molecule has 2 rings (SSSR count). The molecule has 2 aromatic carbocycles. The molecule has 0 aromatic heterocycles. The molecule has 0 heterocycles. The maximum atomic E-state index is 12.4. The van der Waals surface area contributed by atoms with Crippen molar-refractivity contribution in [2.75, 3.05) is 25.2 Å². The number of rotatable bonds is 6. The predicted molar refractivity (Wildman–Crippen MR) is 98.1 cm³/mol. The molecule has 5 nitrogen and oxygen atoms in total. The van der Waals surface area contributed by atoms with Gasteiger partial charge in [0.15, 0.2) is 0 Å². The topological polar surface area (TPSA) is 66.5 Å². The lowest BCUT2D eigenvalue weighted by molar-refractivity contribution is -0.116. The molecule has 0 saturated carbocycles. The quantitative estimate of drug-likeness (QED) is 0.776. The van der Waals surface area contributed by atoms with Crippen LogP contribution in [0.1, 0.15) is 0 Å². The molecule has 0 atom stereocenters. The van der Waals surface area contributed by atoms with Crippen LogP contribution in [-0.4, -0.2) is 38.5 Å². The average molecular weight is 385 g/mol. The van der Waals surface area contributed by atoms with Crippen LogP contribution in [0.2, 0.25) is 5.02 Å². The smallest absolute Gasteiger partial charge is 0.243 e. The maximum Gasteiger partial charge on any atom is 0.243 e. The number of amides is 1. The number of halogens is 1. The van der Waals surface area contributed by atoms with Crippen molar-refractivity contribution in [1.29, 1.82) is 0 Å². The summed E-state index contributed by atoms with van der Waals surface area (Å²) in [6.07, 6.45) is 1.94. The van der Waals surface area contributed by atoms with Gasteiger partial charge in [0.1, 0.15) is 0 Å². The second-order valence-corrected chi connectivity index (χ2v) is 8.36. The number of hydrogen-bond donors (Lipinski definition) is 1. The molecule has 0 aliphatic rings. The van der Waals surface area contributed by atoms with Crippen molar-refractivity contribution in [2.45, 2.75) is 9.79 Å². The minimum absolute atomic E-state index is 0.0894. The van der Waals surface area contributed by atoms with E-state index < -0.39 is 15.9 Å². The van der Waals surface area contributed by atoms with Gasteiger partial charge in [-0.2, -0.15) is 4.31 Å². The molecule has 1 amide bonds. The maximum absolute atomic E-state index is 12.4. The highest BCUT2D eigenvalue weighted by Crippen LogP contribution is 2.20. The number of anilines is 1. The first kappa shape index (κ1) is 18.8. The fourth-order valence-corrected chi connectivity index (χ4v) is 3.69. The first-order valence-corrected chi connectivity index (χ1v) is 10.0. The first-order chi connectivity index (χ1) is 11.3. The molecule has 0 fully saturated rings. The minimum Gasteiger partial charge on any atom is -0.325 e. The predicted octanol–water partition coefficient (Wildman–Crippen LogP) is 3.32. The standard InChI is InChI=1S/C16H17ClN2O3S2/c1-19(24(21,22)15-8-6-12(17)7-9-15)11-16(20)18-13-4-3-5-14(10-13)23-2/h3-10H,11H2,1-2H3,(H,18,20). The van der Waals surface area contributed by atoms with E-state index in [0.717, 1.165) is 9.20 Å². The normalized spacial score (nSPS) is 11.5. The zero-order valence-electron chi connectivity index (χ0n) is 13.2. The summed E-state index contributed by atoms with van der Waals surface area (Å²) in [6, 6.07) is 13.2. The Labute approximate surface area is 151 Å². The molecule has 128 valence electrons. The number of thioether (sulfide) groups is 1. The van der Waals surface area contributed by atoms with E-state index in [9.17, 15) is 13.2 Å². The van der Waals surface area contributed by atoms with Gasteiger partial charge in [0.05, 0.1) is 11.4 Å². The van der Waals surface area contributed by atoms with E-state index >= 15 is 0 Å². The summed E-state index contributed by atoms with van der Waals surface area (Å²) < 4.78 is 25.9. The highest BCUT2D eigenvalue weighted by molar-refractivity contribution is 7.98. The zero-order valence-corrected chi connectivity index (χ0v) is 15.6. The van der Waals surface area contributed by atoms with E-state index in [4.69, 9.17) is 11.6 Å². The van der Waals surface area contributed by atoms with Gasteiger partial charge in [-0.1, -0.05) is 17.7 Å². The number of nitrogens with zero attached hydrogens (tertiary/aromatic N) is 1. The summed E-state index contributed by atoms with van der Waals surface area (Å²) in [5.41, 5.74) is 0.629. The van der Waals surface area contributed by atoms with Crippen LogP contribution < -0.4 is 5.32 Å². The first-order valence-electron chi connectivity index (χ1n) is 6.99. The molecule has 0 bridgehead atoms. The number of likely N-dealkylation sites (N-methyl/N-ethyl adjacent to an activating group) is 1. The largest absolute Gasteiger partial charge is 0.325 e. The van der Waals surface area contributed by atoms with E-state index in [1.54, 1.807) is 17.8 Å². The van der Waals surface area contributed by atoms with Gasteiger partial charge in [-0.05, 0) is 48.7 Å². The number of sulfonamides is 1. The van der Waals surface area contributed by atoms with Gasteiger partial charge in [0.2, 0.25) is 15.9 Å². The number of benzene rings is 2. The van der Waals surface area contributed by atoms with E-state index in [1.165, 1.54) is 31.3 Å². The summed E-state index contributed by atoms with van der Waals surface area (Å²) in [5, 5.41) is 3.15. The highest BCUT2D eigenvalue weighted by Gasteiger charge is 2.22. The Kier molecular flexibility index (Phi) is 6.28.